The van der Waals surface area contributed by atoms with E-state index < -0.39 is 0 Å². The van der Waals surface area contributed by atoms with Crippen LogP contribution < -0.4 is 16.0 Å². The molecule has 0 saturated heterocycles. The number of carbonyl (C=O) groups is 2. The molecule has 1 heterocycles. The summed E-state index contributed by atoms with van der Waals surface area (Å²) in [5.41, 5.74) is 3.37. The van der Waals surface area contributed by atoms with Gasteiger partial charge in [0.05, 0.1) is 5.41 Å². The Morgan fingerprint density at radius 2 is 1.93 bits per heavy atom. The molecule has 0 radical (unpaired) electrons. The third-order valence-electron chi connectivity index (χ3n) is 6.00. The second kappa shape index (κ2) is 7.66. The van der Waals surface area contributed by atoms with Gasteiger partial charge in [-0.25, -0.2) is 0 Å². The minimum atomic E-state index is -0.378. The maximum absolute atomic E-state index is 12.7. The van der Waals surface area contributed by atoms with Crippen molar-refractivity contribution in [1.29, 1.82) is 0 Å². The minimum absolute atomic E-state index is 0.0349. The SMILES string of the molecule is CCCNC(=O)c1cccc(NC2CCC3(CC2)C(=O)Nc2ccccc23)c1. The zero-order valence-electron chi connectivity index (χ0n) is 16.3. The Bertz CT molecular complexity index is 885. The topological polar surface area (TPSA) is 70.2 Å². The molecule has 1 spiro atoms. The van der Waals surface area contributed by atoms with E-state index in [2.05, 4.69) is 22.0 Å². The number of carbonyl (C=O) groups excluding carboxylic acids is 2. The molecule has 2 aromatic carbocycles. The van der Waals surface area contributed by atoms with E-state index in [-0.39, 0.29) is 17.2 Å². The predicted octanol–water partition coefficient (Wildman–Crippen LogP) is 4.07. The van der Waals surface area contributed by atoms with E-state index in [9.17, 15) is 9.59 Å². The summed E-state index contributed by atoms with van der Waals surface area (Å²) in [6.07, 6.45) is 4.45. The maximum atomic E-state index is 12.7. The molecule has 0 bridgehead atoms. The molecule has 28 heavy (non-hydrogen) atoms. The summed E-state index contributed by atoms with van der Waals surface area (Å²) in [7, 11) is 0. The molecule has 1 aliphatic carbocycles. The lowest BCUT2D eigenvalue weighted by molar-refractivity contribution is -0.122. The zero-order chi connectivity index (χ0) is 19.6. The Hall–Kier alpha value is -2.82. The first kappa shape index (κ1) is 18.5. The highest BCUT2D eigenvalue weighted by Gasteiger charge is 2.48. The fourth-order valence-electron chi connectivity index (χ4n) is 4.45. The van der Waals surface area contributed by atoms with E-state index in [1.54, 1.807) is 0 Å². The van der Waals surface area contributed by atoms with E-state index in [0.717, 1.165) is 49.0 Å². The van der Waals surface area contributed by atoms with E-state index in [0.29, 0.717) is 18.2 Å². The molecule has 5 nitrogen and oxygen atoms in total. The van der Waals surface area contributed by atoms with Crippen LogP contribution in [-0.4, -0.2) is 24.4 Å². The summed E-state index contributed by atoms with van der Waals surface area (Å²) >= 11 is 0. The molecule has 0 atom stereocenters. The first-order valence-electron chi connectivity index (χ1n) is 10.2. The highest BCUT2D eigenvalue weighted by Crippen LogP contribution is 2.47. The molecular formula is C23H27N3O2. The monoisotopic (exact) mass is 377 g/mol. The van der Waals surface area contributed by atoms with Crippen LogP contribution in [0.2, 0.25) is 0 Å². The first-order valence-corrected chi connectivity index (χ1v) is 10.2. The van der Waals surface area contributed by atoms with Crippen LogP contribution in [0.15, 0.2) is 48.5 Å². The van der Waals surface area contributed by atoms with Crippen molar-refractivity contribution in [3.8, 4) is 0 Å². The van der Waals surface area contributed by atoms with Gasteiger partial charge in [0.2, 0.25) is 5.91 Å². The van der Waals surface area contributed by atoms with Gasteiger partial charge in [-0.1, -0.05) is 31.2 Å². The maximum Gasteiger partial charge on any atom is 0.251 e. The molecule has 1 fully saturated rings. The van der Waals surface area contributed by atoms with Crippen LogP contribution in [0.3, 0.4) is 0 Å². The lowest BCUT2D eigenvalue weighted by Crippen LogP contribution is -2.41. The lowest BCUT2D eigenvalue weighted by atomic mass is 9.69. The predicted molar refractivity (Wildman–Crippen MR) is 112 cm³/mol. The van der Waals surface area contributed by atoms with Crippen LogP contribution in [0.25, 0.3) is 0 Å². The Labute approximate surface area is 165 Å². The van der Waals surface area contributed by atoms with Crippen molar-refractivity contribution in [2.45, 2.75) is 50.5 Å². The van der Waals surface area contributed by atoms with Crippen molar-refractivity contribution in [2.24, 2.45) is 0 Å². The number of amides is 2. The molecule has 1 aliphatic heterocycles. The number of rotatable bonds is 5. The van der Waals surface area contributed by atoms with Gasteiger partial charge in [-0.05, 0) is 61.9 Å². The quantitative estimate of drug-likeness (QED) is 0.736. The van der Waals surface area contributed by atoms with E-state index in [1.807, 2.05) is 49.4 Å². The number of benzene rings is 2. The standard InChI is InChI=1S/C23H27N3O2/c1-2-14-24-21(27)16-6-5-7-18(15-16)25-17-10-12-23(13-11-17)19-8-3-4-9-20(19)26-22(23)28/h3-9,15,17,25H,2,10-14H2,1H3,(H,24,27)(H,26,28). The van der Waals surface area contributed by atoms with E-state index in [4.69, 9.17) is 0 Å². The summed E-state index contributed by atoms with van der Waals surface area (Å²) in [6, 6.07) is 16.0. The number of nitrogens with one attached hydrogen (secondary N) is 3. The van der Waals surface area contributed by atoms with E-state index in [1.165, 1.54) is 0 Å². The van der Waals surface area contributed by atoms with Crippen LogP contribution in [0.4, 0.5) is 11.4 Å². The van der Waals surface area contributed by atoms with Crippen LogP contribution in [0.5, 0.6) is 0 Å². The van der Waals surface area contributed by atoms with Gasteiger partial charge in [-0.2, -0.15) is 0 Å². The molecule has 0 unspecified atom stereocenters. The van der Waals surface area contributed by atoms with Crippen molar-refractivity contribution in [3.05, 3.63) is 59.7 Å². The fraction of sp³-hybridized carbons (Fsp3) is 0.391. The smallest absolute Gasteiger partial charge is 0.251 e. The van der Waals surface area contributed by atoms with Crippen molar-refractivity contribution < 1.29 is 9.59 Å². The van der Waals surface area contributed by atoms with Gasteiger partial charge in [-0.3, -0.25) is 9.59 Å². The summed E-state index contributed by atoms with van der Waals surface area (Å²) in [5, 5.41) is 9.54. The molecule has 2 aromatic rings. The molecular weight excluding hydrogens is 350 g/mol. The molecule has 0 aromatic heterocycles. The molecule has 3 N–H and O–H groups in total. The first-order chi connectivity index (χ1) is 13.6. The van der Waals surface area contributed by atoms with Gasteiger partial charge in [0.15, 0.2) is 0 Å². The lowest BCUT2D eigenvalue weighted by Gasteiger charge is -2.36. The molecule has 2 amide bonds. The molecule has 5 heteroatoms. The van der Waals surface area contributed by atoms with Crippen molar-refractivity contribution in [1.82, 2.24) is 5.32 Å². The highest BCUT2D eigenvalue weighted by atomic mass is 16.2. The van der Waals surface area contributed by atoms with Crippen molar-refractivity contribution in [2.75, 3.05) is 17.2 Å². The largest absolute Gasteiger partial charge is 0.382 e. The number of hydrogen-bond acceptors (Lipinski definition) is 3. The van der Waals surface area contributed by atoms with Crippen LogP contribution in [0.1, 0.15) is 54.9 Å². The molecule has 1 saturated carbocycles. The molecule has 2 aliphatic rings. The van der Waals surface area contributed by atoms with Gasteiger partial charge in [0, 0.05) is 29.5 Å². The summed E-state index contributed by atoms with van der Waals surface area (Å²) in [5.74, 6) is 0.106. The normalized spacial score (nSPS) is 23.2. The minimum Gasteiger partial charge on any atom is -0.382 e. The van der Waals surface area contributed by atoms with E-state index >= 15 is 0 Å². The van der Waals surface area contributed by atoms with Gasteiger partial charge in [0.25, 0.3) is 5.91 Å². The summed E-state index contributed by atoms with van der Waals surface area (Å²) < 4.78 is 0. The fourth-order valence-corrected chi connectivity index (χ4v) is 4.45. The second-order valence-corrected chi connectivity index (χ2v) is 7.84. The number of hydrogen-bond donors (Lipinski definition) is 3. The third-order valence-corrected chi connectivity index (χ3v) is 6.00. The van der Waals surface area contributed by atoms with Crippen LogP contribution in [0, 0.1) is 0 Å². The Morgan fingerprint density at radius 1 is 1.14 bits per heavy atom. The summed E-state index contributed by atoms with van der Waals surface area (Å²) in [4.78, 5) is 24.9. The van der Waals surface area contributed by atoms with Gasteiger partial charge in [0.1, 0.15) is 0 Å². The second-order valence-electron chi connectivity index (χ2n) is 7.84. The number of anilines is 2. The van der Waals surface area contributed by atoms with Crippen molar-refractivity contribution >= 4 is 23.2 Å². The Morgan fingerprint density at radius 3 is 2.71 bits per heavy atom. The molecule has 146 valence electrons. The summed E-state index contributed by atoms with van der Waals surface area (Å²) in [6.45, 7) is 2.72. The van der Waals surface area contributed by atoms with Gasteiger partial charge < -0.3 is 16.0 Å². The number of fused-ring (bicyclic) bond motifs is 2. The zero-order valence-corrected chi connectivity index (χ0v) is 16.3. The van der Waals surface area contributed by atoms with Crippen LogP contribution in [-0.2, 0) is 10.2 Å². The average Bonchev–Trinajstić information content (AvgIpc) is 2.99. The van der Waals surface area contributed by atoms with Gasteiger partial charge in [-0.15, -0.1) is 0 Å². The Balaban J connectivity index is 1.42. The number of para-hydroxylation sites is 1. The van der Waals surface area contributed by atoms with Gasteiger partial charge >= 0.3 is 0 Å². The molecule has 4 rings (SSSR count). The van der Waals surface area contributed by atoms with Crippen LogP contribution >= 0.6 is 0 Å². The Kier molecular flexibility index (Phi) is 5.07. The van der Waals surface area contributed by atoms with Crippen molar-refractivity contribution in [3.63, 3.8) is 0 Å². The average molecular weight is 377 g/mol. The third kappa shape index (κ3) is 3.37. The highest BCUT2D eigenvalue weighted by molar-refractivity contribution is 6.06.